The van der Waals surface area contributed by atoms with Crippen LogP contribution in [-0.4, -0.2) is 12.6 Å². The molecule has 0 aromatic rings. The maximum atomic E-state index is 3.78. The van der Waals surface area contributed by atoms with Gasteiger partial charge in [-0.2, -0.15) is 0 Å². The van der Waals surface area contributed by atoms with Gasteiger partial charge in [-0.3, -0.25) is 0 Å². The van der Waals surface area contributed by atoms with Crippen LogP contribution in [-0.2, 0) is 0 Å². The van der Waals surface area contributed by atoms with Gasteiger partial charge in [-0.15, -0.1) is 0 Å². The minimum atomic E-state index is 0.763. The van der Waals surface area contributed by atoms with Crippen molar-refractivity contribution in [2.75, 3.05) is 6.54 Å². The first-order valence-electron chi connectivity index (χ1n) is 6.14. The fraction of sp³-hybridized carbons (Fsp3) is 1.00. The Morgan fingerprint density at radius 1 is 0.923 bits per heavy atom. The molecule has 1 spiro atoms. The van der Waals surface area contributed by atoms with Crippen LogP contribution in [0.25, 0.3) is 0 Å². The number of hydrogen-bond donors (Lipinski definition) is 1. The Morgan fingerprint density at radius 2 is 1.69 bits per heavy atom. The summed E-state index contributed by atoms with van der Waals surface area (Å²) in [4.78, 5) is 0. The fourth-order valence-corrected chi connectivity index (χ4v) is 3.76. The average molecular weight is 179 g/mol. The first-order valence-corrected chi connectivity index (χ1v) is 6.14. The highest BCUT2D eigenvalue weighted by Gasteiger charge is 2.49. The van der Waals surface area contributed by atoms with Crippen molar-refractivity contribution >= 4 is 0 Å². The lowest BCUT2D eigenvalue weighted by Crippen LogP contribution is -2.39. The smallest absolute Gasteiger partial charge is 0.0152 e. The van der Waals surface area contributed by atoms with Crippen molar-refractivity contribution < 1.29 is 0 Å². The summed E-state index contributed by atoms with van der Waals surface area (Å²) in [5.74, 6) is 1.07. The van der Waals surface area contributed by atoms with E-state index in [2.05, 4.69) is 5.32 Å². The molecule has 3 fully saturated rings. The van der Waals surface area contributed by atoms with Gasteiger partial charge in [-0.1, -0.05) is 19.3 Å². The highest BCUT2D eigenvalue weighted by atomic mass is 15.0. The number of hydrogen-bond acceptors (Lipinski definition) is 1. The summed E-state index contributed by atoms with van der Waals surface area (Å²) < 4.78 is 0. The maximum Gasteiger partial charge on any atom is 0.0152 e. The Morgan fingerprint density at radius 3 is 2.38 bits per heavy atom. The summed E-state index contributed by atoms with van der Waals surface area (Å²) in [6.45, 7) is 1.31. The molecule has 1 saturated heterocycles. The van der Waals surface area contributed by atoms with Crippen LogP contribution in [0.3, 0.4) is 0 Å². The van der Waals surface area contributed by atoms with E-state index in [0.717, 1.165) is 17.4 Å². The zero-order chi connectivity index (χ0) is 8.73. The van der Waals surface area contributed by atoms with E-state index in [1.807, 2.05) is 0 Å². The van der Waals surface area contributed by atoms with Gasteiger partial charge >= 0.3 is 0 Å². The zero-order valence-electron chi connectivity index (χ0n) is 8.52. The molecule has 0 bridgehead atoms. The molecule has 1 aliphatic heterocycles. The van der Waals surface area contributed by atoms with E-state index in [1.54, 1.807) is 0 Å². The lowest BCUT2D eigenvalue weighted by Gasteiger charge is -2.38. The SMILES string of the molecule is C1CCC2(CC1)CCNC2C1CC1. The molecule has 2 saturated carbocycles. The molecule has 1 N–H and O–H groups in total. The topological polar surface area (TPSA) is 12.0 Å². The average Bonchev–Trinajstić information content (AvgIpc) is 2.93. The standard InChI is InChI=1S/C12H21N/c1-2-6-12(7-3-1)8-9-13-11(12)10-4-5-10/h10-11,13H,1-9H2. The first-order chi connectivity index (χ1) is 6.41. The van der Waals surface area contributed by atoms with E-state index in [-0.39, 0.29) is 0 Å². The Hall–Kier alpha value is -0.0400. The molecule has 2 aliphatic carbocycles. The lowest BCUT2D eigenvalue weighted by molar-refractivity contribution is 0.151. The third-order valence-electron chi connectivity index (χ3n) is 4.59. The Balaban J connectivity index is 1.77. The second kappa shape index (κ2) is 2.98. The molecule has 74 valence electrons. The van der Waals surface area contributed by atoms with Crippen molar-refractivity contribution in [3.63, 3.8) is 0 Å². The Bertz CT molecular complexity index is 189. The highest BCUT2D eigenvalue weighted by molar-refractivity contribution is 5.04. The molecule has 1 atom stereocenters. The summed E-state index contributed by atoms with van der Waals surface area (Å²) >= 11 is 0. The van der Waals surface area contributed by atoms with Gasteiger partial charge in [0, 0.05) is 6.04 Å². The van der Waals surface area contributed by atoms with Crippen molar-refractivity contribution in [1.29, 1.82) is 0 Å². The van der Waals surface area contributed by atoms with Gasteiger partial charge in [0.15, 0.2) is 0 Å². The van der Waals surface area contributed by atoms with E-state index in [0.29, 0.717) is 0 Å². The third-order valence-corrected chi connectivity index (χ3v) is 4.59. The molecule has 1 heteroatoms. The van der Waals surface area contributed by atoms with Crippen molar-refractivity contribution in [2.45, 2.75) is 57.4 Å². The second-order valence-electron chi connectivity index (χ2n) is 5.44. The van der Waals surface area contributed by atoms with E-state index in [1.165, 1.54) is 57.9 Å². The van der Waals surface area contributed by atoms with Crippen LogP contribution in [0.5, 0.6) is 0 Å². The van der Waals surface area contributed by atoms with E-state index in [9.17, 15) is 0 Å². The van der Waals surface area contributed by atoms with Crippen LogP contribution in [0, 0.1) is 11.3 Å². The summed E-state index contributed by atoms with van der Waals surface area (Å²) in [6.07, 6.45) is 12.1. The van der Waals surface area contributed by atoms with Crippen LogP contribution in [0.15, 0.2) is 0 Å². The minimum absolute atomic E-state index is 0.763. The second-order valence-corrected chi connectivity index (χ2v) is 5.44. The van der Waals surface area contributed by atoms with Gasteiger partial charge in [-0.25, -0.2) is 0 Å². The predicted molar refractivity (Wildman–Crippen MR) is 54.6 cm³/mol. The van der Waals surface area contributed by atoms with Crippen LogP contribution < -0.4 is 5.32 Å². The molecule has 1 nitrogen and oxygen atoms in total. The molecule has 1 unspecified atom stereocenters. The van der Waals surface area contributed by atoms with Crippen LogP contribution in [0.2, 0.25) is 0 Å². The molecule has 1 heterocycles. The van der Waals surface area contributed by atoms with Crippen molar-refractivity contribution in [3.8, 4) is 0 Å². The van der Waals surface area contributed by atoms with Crippen LogP contribution in [0.1, 0.15) is 51.4 Å². The lowest BCUT2D eigenvalue weighted by atomic mass is 9.68. The third kappa shape index (κ3) is 1.32. The summed E-state index contributed by atoms with van der Waals surface area (Å²) in [6, 6.07) is 0.924. The minimum Gasteiger partial charge on any atom is -0.313 e. The molecule has 3 rings (SSSR count). The largest absolute Gasteiger partial charge is 0.313 e. The van der Waals surface area contributed by atoms with E-state index < -0.39 is 0 Å². The van der Waals surface area contributed by atoms with Gasteiger partial charge in [-0.05, 0) is 50.0 Å². The molecular weight excluding hydrogens is 158 g/mol. The summed E-state index contributed by atoms with van der Waals surface area (Å²) in [5, 5.41) is 3.78. The molecule has 0 radical (unpaired) electrons. The summed E-state index contributed by atoms with van der Waals surface area (Å²) in [7, 11) is 0. The van der Waals surface area contributed by atoms with Crippen molar-refractivity contribution in [2.24, 2.45) is 11.3 Å². The molecular formula is C12H21N. The highest BCUT2D eigenvalue weighted by Crippen LogP contribution is 2.51. The quantitative estimate of drug-likeness (QED) is 0.652. The van der Waals surface area contributed by atoms with Gasteiger partial charge in [0.05, 0.1) is 0 Å². The molecule has 0 aromatic carbocycles. The Kier molecular flexibility index (Phi) is 1.90. The van der Waals surface area contributed by atoms with Crippen LogP contribution in [0.4, 0.5) is 0 Å². The van der Waals surface area contributed by atoms with Gasteiger partial charge in [0.2, 0.25) is 0 Å². The Labute approximate surface area is 81.3 Å². The van der Waals surface area contributed by atoms with Gasteiger partial charge in [0.25, 0.3) is 0 Å². The molecule has 13 heavy (non-hydrogen) atoms. The first kappa shape index (κ1) is 8.28. The van der Waals surface area contributed by atoms with Crippen molar-refractivity contribution in [1.82, 2.24) is 5.32 Å². The number of rotatable bonds is 1. The maximum absolute atomic E-state index is 3.78. The molecule has 3 aliphatic rings. The molecule has 0 amide bonds. The van der Waals surface area contributed by atoms with Gasteiger partial charge in [0.1, 0.15) is 0 Å². The summed E-state index contributed by atoms with van der Waals surface area (Å²) in [5.41, 5.74) is 0.763. The molecule has 0 aromatic heterocycles. The van der Waals surface area contributed by atoms with Crippen LogP contribution >= 0.6 is 0 Å². The van der Waals surface area contributed by atoms with E-state index in [4.69, 9.17) is 0 Å². The van der Waals surface area contributed by atoms with E-state index >= 15 is 0 Å². The number of nitrogens with one attached hydrogen (secondary N) is 1. The fourth-order valence-electron chi connectivity index (χ4n) is 3.76. The normalized spacial score (nSPS) is 38.3. The predicted octanol–water partition coefficient (Wildman–Crippen LogP) is 2.71. The monoisotopic (exact) mass is 179 g/mol. The van der Waals surface area contributed by atoms with Gasteiger partial charge < -0.3 is 5.32 Å². The van der Waals surface area contributed by atoms with Crippen molar-refractivity contribution in [3.05, 3.63) is 0 Å². The zero-order valence-corrected chi connectivity index (χ0v) is 8.52.